The second-order valence-electron chi connectivity index (χ2n) is 10.1. The van der Waals surface area contributed by atoms with Gasteiger partial charge in [-0.15, -0.1) is 0 Å². The number of aliphatic hydroxyl groups excluding tert-OH is 1. The van der Waals surface area contributed by atoms with Crippen molar-refractivity contribution < 1.29 is 14.6 Å². The van der Waals surface area contributed by atoms with Gasteiger partial charge in [-0.2, -0.15) is 0 Å². The topological polar surface area (TPSA) is 71.5 Å². The molecule has 0 aromatic carbocycles. The molecule has 0 fully saturated rings. The lowest BCUT2D eigenvalue weighted by Crippen LogP contribution is -2.50. The predicted octanol–water partition coefficient (Wildman–Crippen LogP) is 6.61. The van der Waals surface area contributed by atoms with Gasteiger partial charge in [0, 0.05) is 17.7 Å². The third kappa shape index (κ3) is 14.8. The van der Waals surface area contributed by atoms with Gasteiger partial charge in [0.1, 0.15) is 6.61 Å². The molecule has 1 heterocycles. The Labute approximate surface area is 202 Å². The van der Waals surface area contributed by atoms with Crippen molar-refractivity contribution in [1.29, 1.82) is 0 Å². The van der Waals surface area contributed by atoms with Gasteiger partial charge in [0.25, 0.3) is 0 Å². The summed E-state index contributed by atoms with van der Waals surface area (Å²) in [4.78, 5) is 16.6. The van der Waals surface area contributed by atoms with Crippen molar-refractivity contribution in [2.75, 3.05) is 6.61 Å². The van der Waals surface area contributed by atoms with Gasteiger partial charge in [-0.3, -0.25) is 4.79 Å². The number of carbonyl (C=O) groups is 1. The van der Waals surface area contributed by atoms with E-state index >= 15 is 0 Å². The number of nitrogens with zero attached hydrogens (tertiary/aromatic N) is 1. The molecule has 0 spiro atoms. The maximum atomic E-state index is 12.5. The Morgan fingerprint density at radius 2 is 1.64 bits per heavy atom. The number of aliphatic hydroxyl groups is 1. The van der Waals surface area contributed by atoms with Crippen molar-refractivity contribution in [3.05, 3.63) is 36.5 Å². The molecule has 5 nitrogen and oxygen atoms in total. The number of unbranched alkanes of at least 4 members (excludes halogenated alkanes) is 11. The van der Waals surface area contributed by atoms with Crippen molar-refractivity contribution in [2.45, 2.75) is 117 Å². The lowest BCUT2D eigenvalue weighted by molar-refractivity contribution is -0.130. The summed E-state index contributed by atoms with van der Waals surface area (Å²) in [7, 11) is 0. The number of nitrogens with one attached hydrogen (secondary N) is 1. The maximum absolute atomic E-state index is 12.5. The lowest BCUT2D eigenvalue weighted by Gasteiger charge is -2.26. The summed E-state index contributed by atoms with van der Waals surface area (Å²) in [5.41, 5.74) is -0.539. The molecule has 1 aromatic heterocycles. The molecule has 1 aromatic rings. The molecule has 0 aliphatic heterocycles. The van der Waals surface area contributed by atoms with Crippen molar-refractivity contribution in [3.8, 4) is 5.88 Å². The third-order valence-electron chi connectivity index (χ3n) is 5.77. The fraction of sp³-hybridized carbons (Fsp3) is 0.714. The molecule has 1 amide bonds. The van der Waals surface area contributed by atoms with Crippen LogP contribution in [0.25, 0.3) is 0 Å². The Morgan fingerprint density at radius 1 is 1.03 bits per heavy atom. The average molecular weight is 461 g/mol. The largest absolute Gasteiger partial charge is 0.475 e. The molecule has 1 rings (SSSR count). The fourth-order valence-corrected chi connectivity index (χ4v) is 3.51. The number of allylic oxidation sites excluding steroid dienone is 1. The van der Waals surface area contributed by atoms with E-state index in [1.165, 1.54) is 64.2 Å². The Bertz CT molecular complexity index is 640. The van der Waals surface area contributed by atoms with Crippen molar-refractivity contribution >= 4 is 5.91 Å². The number of carbonyl (C=O) groups excluding carboxylic acids is 1. The second-order valence-corrected chi connectivity index (χ2v) is 10.1. The van der Waals surface area contributed by atoms with E-state index in [0.29, 0.717) is 5.88 Å². The minimum Gasteiger partial charge on any atom is -0.475 e. The zero-order chi connectivity index (χ0) is 24.4. The molecule has 0 aliphatic rings. The Kier molecular flexibility index (Phi) is 15.5. The molecular weight excluding hydrogens is 412 g/mol. The molecular formula is C28H48N2O3. The van der Waals surface area contributed by atoms with Gasteiger partial charge in [-0.25, -0.2) is 4.98 Å². The SMILES string of the molecule is CCCCCCCCCCCCC/C=C/[C@@H](O)[C@H](COc1ccccn1)NC(=O)C(C)(C)C. The van der Waals surface area contributed by atoms with Crippen LogP contribution in [0.2, 0.25) is 0 Å². The number of aromatic nitrogens is 1. The van der Waals surface area contributed by atoms with E-state index in [2.05, 4.69) is 17.2 Å². The summed E-state index contributed by atoms with van der Waals surface area (Å²) in [6.07, 6.45) is 20.1. The molecule has 0 saturated carbocycles. The van der Waals surface area contributed by atoms with E-state index in [0.717, 1.165) is 12.8 Å². The van der Waals surface area contributed by atoms with Crippen LogP contribution in [-0.2, 0) is 4.79 Å². The molecule has 33 heavy (non-hydrogen) atoms. The normalized spacial score (nSPS) is 13.7. The molecule has 188 valence electrons. The molecule has 2 N–H and O–H groups in total. The molecule has 0 radical (unpaired) electrons. The summed E-state index contributed by atoms with van der Waals surface area (Å²) in [6.45, 7) is 7.98. The van der Waals surface area contributed by atoms with E-state index in [4.69, 9.17) is 4.74 Å². The van der Waals surface area contributed by atoms with Gasteiger partial charge in [0.05, 0.1) is 12.1 Å². The quantitative estimate of drug-likeness (QED) is 0.191. The van der Waals surface area contributed by atoms with E-state index < -0.39 is 17.6 Å². The van der Waals surface area contributed by atoms with Crippen LogP contribution >= 0.6 is 0 Å². The minimum absolute atomic E-state index is 0.116. The minimum atomic E-state index is -0.812. The monoisotopic (exact) mass is 460 g/mol. The second kappa shape index (κ2) is 17.6. The number of hydrogen-bond acceptors (Lipinski definition) is 4. The molecule has 5 heteroatoms. The first-order chi connectivity index (χ1) is 15.8. The van der Waals surface area contributed by atoms with Crippen LogP contribution in [0.4, 0.5) is 0 Å². The number of ether oxygens (including phenoxy) is 1. The van der Waals surface area contributed by atoms with Gasteiger partial charge < -0.3 is 15.2 Å². The molecule has 0 unspecified atom stereocenters. The van der Waals surface area contributed by atoms with E-state index in [-0.39, 0.29) is 12.5 Å². The first kappa shape index (κ1) is 29.2. The highest BCUT2D eigenvalue weighted by Gasteiger charge is 2.27. The summed E-state index contributed by atoms with van der Waals surface area (Å²) >= 11 is 0. The Balaban J connectivity index is 2.31. The summed E-state index contributed by atoms with van der Waals surface area (Å²) in [6, 6.07) is 4.89. The third-order valence-corrected chi connectivity index (χ3v) is 5.77. The van der Waals surface area contributed by atoms with E-state index in [1.807, 2.05) is 39.0 Å². The number of hydrogen-bond donors (Lipinski definition) is 2. The van der Waals surface area contributed by atoms with Gasteiger partial charge in [0.2, 0.25) is 11.8 Å². The van der Waals surface area contributed by atoms with E-state index in [9.17, 15) is 9.90 Å². The molecule has 0 saturated heterocycles. The van der Waals surface area contributed by atoms with Crippen molar-refractivity contribution in [2.24, 2.45) is 5.41 Å². The number of amides is 1. The van der Waals surface area contributed by atoms with Gasteiger partial charge in [0.15, 0.2) is 0 Å². The molecule has 0 aliphatic carbocycles. The highest BCUT2D eigenvalue weighted by atomic mass is 16.5. The first-order valence-corrected chi connectivity index (χ1v) is 13.0. The first-order valence-electron chi connectivity index (χ1n) is 13.0. The van der Waals surface area contributed by atoms with E-state index in [1.54, 1.807) is 18.3 Å². The lowest BCUT2D eigenvalue weighted by atomic mass is 9.95. The fourth-order valence-electron chi connectivity index (χ4n) is 3.51. The summed E-state index contributed by atoms with van der Waals surface area (Å²) < 4.78 is 5.70. The van der Waals surface area contributed by atoms with Crippen molar-refractivity contribution in [3.63, 3.8) is 0 Å². The maximum Gasteiger partial charge on any atom is 0.225 e. The smallest absolute Gasteiger partial charge is 0.225 e. The van der Waals surface area contributed by atoms with Gasteiger partial charge >= 0.3 is 0 Å². The van der Waals surface area contributed by atoms with Crippen LogP contribution in [0, 0.1) is 5.41 Å². The van der Waals surface area contributed by atoms with Crippen molar-refractivity contribution in [1.82, 2.24) is 10.3 Å². The zero-order valence-corrected chi connectivity index (χ0v) is 21.5. The Hall–Kier alpha value is -1.88. The average Bonchev–Trinajstić information content (AvgIpc) is 2.79. The van der Waals surface area contributed by atoms with Crippen LogP contribution in [-0.4, -0.2) is 34.8 Å². The van der Waals surface area contributed by atoms with Crippen LogP contribution in [0.15, 0.2) is 36.5 Å². The number of rotatable bonds is 18. The standard InChI is InChI=1S/C28H48N2O3/c1-5-6-7-8-9-10-11-12-13-14-15-16-17-20-25(31)24(30-27(32)28(2,3)4)23-33-26-21-18-19-22-29-26/h17-22,24-25,31H,5-16,23H2,1-4H3,(H,30,32)/b20-17+/t24-,25+/m0/s1. The van der Waals surface area contributed by atoms with Gasteiger partial charge in [-0.1, -0.05) is 110 Å². The van der Waals surface area contributed by atoms with Crippen LogP contribution in [0.3, 0.4) is 0 Å². The summed E-state index contributed by atoms with van der Waals surface area (Å²) in [5.74, 6) is 0.361. The Morgan fingerprint density at radius 3 is 2.18 bits per heavy atom. The van der Waals surface area contributed by atoms with Crippen LogP contribution in [0.1, 0.15) is 105 Å². The van der Waals surface area contributed by atoms with Crippen LogP contribution in [0.5, 0.6) is 5.88 Å². The van der Waals surface area contributed by atoms with Crippen LogP contribution < -0.4 is 10.1 Å². The highest BCUT2D eigenvalue weighted by molar-refractivity contribution is 5.81. The summed E-state index contributed by atoms with van der Waals surface area (Å²) in [5, 5.41) is 13.6. The number of pyridine rings is 1. The molecule has 2 atom stereocenters. The highest BCUT2D eigenvalue weighted by Crippen LogP contribution is 2.15. The zero-order valence-electron chi connectivity index (χ0n) is 21.5. The molecule has 0 bridgehead atoms. The van der Waals surface area contributed by atoms with Gasteiger partial charge in [-0.05, 0) is 18.9 Å². The predicted molar refractivity (Wildman–Crippen MR) is 137 cm³/mol.